The smallest absolute Gasteiger partial charge is 0.271 e. The molecule has 0 saturated heterocycles. The van der Waals surface area contributed by atoms with Crippen LogP contribution in [0.25, 0.3) is 5.57 Å². The number of benzene rings is 1. The van der Waals surface area contributed by atoms with Gasteiger partial charge in [-0.15, -0.1) is 0 Å². The Kier molecular flexibility index (Phi) is 4.64. The SMILES string of the molecule is CC1=CC(C)(C)N(C)c2cc(C)c(/C=N\NC(=O)c3ccncc3)cc21. The van der Waals surface area contributed by atoms with Crippen LogP contribution in [0.15, 0.2) is 47.8 Å². The lowest BCUT2D eigenvalue weighted by Gasteiger charge is -2.41. The van der Waals surface area contributed by atoms with Gasteiger partial charge in [-0.25, -0.2) is 5.43 Å². The van der Waals surface area contributed by atoms with E-state index in [1.165, 1.54) is 16.8 Å². The molecular weight excluding hydrogens is 324 g/mol. The van der Waals surface area contributed by atoms with E-state index >= 15 is 0 Å². The lowest BCUT2D eigenvalue weighted by atomic mass is 9.87. The highest BCUT2D eigenvalue weighted by Gasteiger charge is 2.28. The van der Waals surface area contributed by atoms with Crippen LogP contribution in [0.5, 0.6) is 0 Å². The number of hydrogen-bond acceptors (Lipinski definition) is 4. The Bertz CT molecular complexity index is 898. The molecule has 134 valence electrons. The van der Waals surface area contributed by atoms with Crippen molar-refractivity contribution in [2.45, 2.75) is 33.2 Å². The van der Waals surface area contributed by atoms with Crippen molar-refractivity contribution in [2.24, 2.45) is 5.10 Å². The molecule has 0 atom stereocenters. The zero-order valence-corrected chi connectivity index (χ0v) is 15.9. The van der Waals surface area contributed by atoms with Gasteiger partial charge in [0, 0.05) is 36.3 Å². The van der Waals surface area contributed by atoms with Crippen molar-refractivity contribution in [1.29, 1.82) is 0 Å². The minimum Gasteiger partial charge on any atom is -0.365 e. The van der Waals surface area contributed by atoms with Crippen molar-refractivity contribution in [3.05, 3.63) is 65.0 Å². The van der Waals surface area contributed by atoms with Crippen molar-refractivity contribution in [1.82, 2.24) is 10.4 Å². The highest BCUT2D eigenvalue weighted by atomic mass is 16.2. The summed E-state index contributed by atoms with van der Waals surface area (Å²) in [5.74, 6) is -0.253. The van der Waals surface area contributed by atoms with Crippen LogP contribution in [0.1, 0.15) is 47.8 Å². The van der Waals surface area contributed by atoms with E-state index in [9.17, 15) is 4.79 Å². The molecule has 1 aliphatic rings. The number of pyridine rings is 1. The molecule has 0 radical (unpaired) electrons. The Morgan fingerprint density at radius 3 is 2.62 bits per heavy atom. The van der Waals surface area contributed by atoms with E-state index in [1.54, 1.807) is 30.7 Å². The molecule has 0 fully saturated rings. The largest absolute Gasteiger partial charge is 0.365 e. The van der Waals surface area contributed by atoms with Gasteiger partial charge in [-0.05, 0) is 68.7 Å². The summed E-state index contributed by atoms with van der Waals surface area (Å²) in [7, 11) is 2.11. The lowest BCUT2D eigenvalue weighted by Crippen LogP contribution is -2.42. The number of rotatable bonds is 3. The predicted octanol–water partition coefficient (Wildman–Crippen LogP) is 3.79. The second kappa shape index (κ2) is 6.75. The van der Waals surface area contributed by atoms with E-state index in [2.05, 4.69) is 73.4 Å². The summed E-state index contributed by atoms with van der Waals surface area (Å²) < 4.78 is 0. The molecule has 1 aromatic carbocycles. The first-order valence-corrected chi connectivity index (χ1v) is 8.61. The van der Waals surface area contributed by atoms with Crippen LogP contribution in [-0.2, 0) is 0 Å². The van der Waals surface area contributed by atoms with Crippen LogP contribution < -0.4 is 10.3 Å². The first-order valence-electron chi connectivity index (χ1n) is 8.61. The fraction of sp³-hybridized carbons (Fsp3) is 0.286. The average molecular weight is 348 g/mol. The number of hydrogen-bond donors (Lipinski definition) is 1. The molecular formula is C21H24N4O. The molecule has 1 N–H and O–H groups in total. The van der Waals surface area contributed by atoms with Crippen molar-refractivity contribution in [2.75, 3.05) is 11.9 Å². The van der Waals surface area contributed by atoms with E-state index in [4.69, 9.17) is 0 Å². The quantitative estimate of drug-likeness (QED) is 0.678. The number of aryl methyl sites for hydroxylation is 1. The van der Waals surface area contributed by atoms with Crippen molar-refractivity contribution >= 4 is 23.4 Å². The molecule has 2 heterocycles. The van der Waals surface area contributed by atoms with E-state index in [0.29, 0.717) is 5.56 Å². The van der Waals surface area contributed by atoms with Gasteiger partial charge in [0.25, 0.3) is 5.91 Å². The van der Waals surface area contributed by atoms with Gasteiger partial charge in [0.2, 0.25) is 0 Å². The van der Waals surface area contributed by atoms with Crippen molar-refractivity contribution in [3.8, 4) is 0 Å². The third-order valence-electron chi connectivity index (χ3n) is 4.92. The molecule has 5 heteroatoms. The Morgan fingerprint density at radius 1 is 1.23 bits per heavy atom. The molecule has 1 amide bonds. The fourth-order valence-corrected chi connectivity index (χ4v) is 3.19. The lowest BCUT2D eigenvalue weighted by molar-refractivity contribution is 0.0955. The number of carbonyl (C=O) groups excluding carboxylic acids is 1. The fourth-order valence-electron chi connectivity index (χ4n) is 3.19. The van der Waals surface area contributed by atoms with Gasteiger partial charge in [0.1, 0.15) is 0 Å². The van der Waals surface area contributed by atoms with Gasteiger partial charge in [0.05, 0.1) is 11.8 Å². The number of likely N-dealkylation sites (N-methyl/N-ethyl adjacent to an activating group) is 1. The van der Waals surface area contributed by atoms with Crippen LogP contribution in [-0.4, -0.2) is 29.7 Å². The van der Waals surface area contributed by atoms with Gasteiger partial charge in [0.15, 0.2) is 0 Å². The number of amides is 1. The van der Waals surface area contributed by atoms with E-state index in [1.807, 2.05) is 0 Å². The number of nitrogens with zero attached hydrogens (tertiary/aromatic N) is 3. The molecule has 2 aromatic rings. The van der Waals surface area contributed by atoms with Gasteiger partial charge in [-0.1, -0.05) is 6.08 Å². The van der Waals surface area contributed by atoms with Crippen LogP contribution in [0.4, 0.5) is 5.69 Å². The zero-order valence-electron chi connectivity index (χ0n) is 15.9. The molecule has 0 bridgehead atoms. The summed E-state index contributed by atoms with van der Waals surface area (Å²) in [5, 5.41) is 4.12. The maximum atomic E-state index is 12.1. The molecule has 0 saturated carbocycles. The topological polar surface area (TPSA) is 57.6 Å². The van der Waals surface area contributed by atoms with Crippen molar-refractivity contribution < 1.29 is 4.79 Å². The highest BCUT2D eigenvalue weighted by Crippen LogP contribution is 2.38. The predicted molar refractivity (Wildman–Crippen MR) is 107 cm³/mol. The third kappa shape index (κ3) is 3.38. The number of allylic oxidation sites excluding steroid dienone is 1. The summed E-state index contributed by atoms with van der Waals surface area (Å²) in [5.41, 5.74) is 8.83. The number of carbonyl (C=O) groups is 1. The Labute approximate surface area is 154 Å². The minimum atomic E-state index is -0.253. The highest BCUT2D eigenvalue weighted by molar-refractivity contribution is 5.95. The van der Waals surface area contributed by atoms with Gasteiger partial charge in [-0.3, -0.25) is 9.78 Å². The van der Waals surface area contributed by atoms with Crippen LogP contribution >= 0.6 is 0 Å². The monoisotopic (exact) mass is 348 g/mol. The molecule has 0 aliphatic carbocycles. The summed E-state index contributed by atoms with van der Waals surface area (Å²) in [6.45, 7) is 8.60. The summed E-state index contributed by atoms with van der Waals surface area (Å²) in [4.78, 5) is 18.2. The maximum absolute atomic E-state index is 12.1. The third-order valence-corrected chi connectivity index (χ3v) is 4.92. The summed E-state index contributed by atoms with van der Waals surface area (Å²) in [6, 6.07) is 7.62. The number of nitrogens with one attached hydrogen (secondary N) is 1. The standard InChI is InChI=1S/C21H24N4O/c1-14-10-19-18(15(2)12-21(3,4)25(19)5)11-17(14)13-23-24-20(26)16-6-8-22-9-7-16/h6-13H,1-5H3,(H,24,26)/b23-13-. The van der Waals surface area contributed by atoms with E-state index in [0.717, 1.165) is 11.1 Å². The zero-order chi connectivity index (χ0) is 18.9. The number of aromatic nitrogens is 1. The first kappa shape index (κ1) is 17.9. The number of anilines is 1. The number of fused-ring (bicyclic) bond motifs is 1. The molecule has 1 aliphatic heterocycles. The second-order valence-corrected chi connectivity index (χ2v) is 7.20. The Morgan fingerprint density at radius 2 is 1.92 bits per heavy atom. The van der Waals surface area contributed by atoms with Crippen LogP contribution in [0.2, 0.25) is 0 Å². The van der Waals surface area contributed by atoms with E-state index in [-0.39, 0.29) is 11.4 Å². The Balaban J connectivity index is 1.84. The van der Waals surface area contributed by atoms with Crippen molar-refractivity contribution in [3.63, 3.8) is 0 Å². The van der Waals surface area contributed by atoms with Crippen LogP contribution in [0.3, 0.4) is 0 Å². The molecule has 3 rings (SSSR count). The normalized spacial score (nSPS) is 15.6. The second-order valence-electron chi connectivity index (χ2n) is 7.20. The van der Waals surface area contributed by atoms with Crippen LogP contribution in [0, 0.1) is 6.92 Å². The van der Waals surface area contributed by atoms with E-state index < -0.39 is 0 Å². The molecule has 26 heavy (non-hydrogen) atoms. The average Bonchev–Trinajstić information content (AvgIpc) is 2.61. The molecule has 5 nitrogen and oxygen atoms in total. The molecule has 0 unspecified atom stereocenters. The van der Waals surface area contributed by atoms with Gasteiger partial charge >= 0.3 is 0 Å². The number of hydrazone groups is 1. The van der Waals surface area contributed by atoms with Gasteiger partial charge < -0.3 is 4.90 Å². The molecule has 1 aromatic heterocycles. The summed E-state index contributed by atoms with van der Waals surface area (Å²) >= 11 is 0. The molecule has 0 spiro atoms. The van der Waals surface area contributed by atoms with Gasteiger partial charge in [-0.2, -0.15) is 5.10 Å². The maximum Gasteiger partial charge on any atom is 0.271 e. The first-order chi connectivity index (χ1) is 12.3. The Hall–Kier alpha value is -2.95. The summed E-state index contributed by atoms with van der Waals surface area (Å²) in [6.07, 6.45) is 7.14. The minimum absolute atomic E-state index is 0.0162.